The van der Waals surface area contributed by atoms with Gasteiger partial charge in [0, 0.05) is 5.69 Å². The largest absolute Gasteiger partial charge is 0.378 e. The first-order chi connectivity index (χ1) is 8.99. The van der Waals surface area contributed by atoms with Crippen LogP contribution in [0.1, 0.15) is 35.6 Å². The average molecular weight is 257 g/mol. The molecule has 0 amide bonds. The van der Waals surface area contributed by atoms with Gasteiger partial charge in [-0.1, -0.05) is 18.2 Å². The number of anilines is 1. The SMILES string of the molecule is Cc1nc(C)c(C(C)Nc2ccccc2C)c(=O)[nH]1. The van der Waals surface area contributed by atoms with E-state index in [1.165, 1.54) is 0 Å². The van der Waals surface area contributed by atoms with E-state index in [1.807, 2.05) is 45.0 Å². The third-order valence-electron chi connectivity index (χ3n) is 3.21. The number of aromatic nitrogens is 2. The topological polar surface area (TPSA) is 57.8 Å². The zero-order chi connectivity index (χ0) is 14.0. The summed E-state index contributed by atoms with van der Waals surface area (Å²) >= 11 is 0. The van der Waals surface area contributed by atoms with Crippen molar-refractivity contribution in [2.75, 3.05) is 5.32 Å². The molecule has 0 aliphatic rings. The van der Waals surface area contributed by atoms with E-state index in [1.54, 1.807) is 6.92 Å². The number of hydrogen-bond donors (Lipinski definition) is 2. The number of para-hydroxylation sites is 1. The Kier molecular flexibility index (Phi) is 3.69. The fourth-order valence-corrected chi connectivity index (χ4v) is 2.29. The van der Waals surface area contributed by atoms with Crippen molar-refractivity contribution in [3.63, 3.8) is 0 Å². The summed E-state index contributed by atoms with van der Waals surface area (Å²) in [6.45, 7) is 7.67. The van der Waals surface area contributed by atoms with Crippen LogP contribution in [-0.4, -0.2) is 9.97 Å². The van der Waals surface area contributed by atoms with Crippen molar-refractivity contribution in [1.82, 2.24) is 9.97 Å². The van der Waals surface area contributed by atoms with Gasteiger partial charge in [-0.05, 0) is 39.3 Å². The quantitative estimate of drug-likeness (QED) is 0.889. The Morgan fingerprint density at radius 1 is 1.21 bits per heavy atom. The van der Waals surface area contributed by atoms with Gasteiger partial charge in [-0.3, -0.25) is 4.79 Å². The molecule has 1 atom stereocenters. The van der Waals surface area contributed by atoms with E-state index in [2.05, 4.69) is 15.3 Å². The Bertz CT molecular complexity index is 646. The summed E-state index contributed by atoms with van der Waals surface area (Å²) < 4.78 is 0. The van der Waals surface area contributed by atoms with Crippen molar-refractivity contribution in [3.05, 3.63) is 57.3 Å². The van der Waals surface area contributed by atoms with Gasteiger partial charge in [0.1, 0.15) is 5.82 Å². The summed E-state index contributed by atoms with van der Waals surface area (Å²) in [7, 11) is 0. The number of aryl methyl sites for hydroxylation is 3. The lowest BCUT2D eigenvalue weighted by Gasteiger charge is -2.18. The van der Waals surface area contributed by atoms with Crippen LogP contribution in [0.15, 0.2) is 29.1 Å². The maximum Gasteiger partial charge on any atom is 0.256 e. The molecule has 2 aromatic rings. The molecule has 0 aliphatic heterocycles. The van der Waals surface area contributed by atoms with E-state index in [0.29, 0.717) is 11.4 Å². The fourth-order valence-electron chi connectivity index (χ4n) is 2.29. The highest BCUT2D eigenvalue weighted by atomic mass is 16.1. The molecule has 0 saturated carbocycles. The second-order valence-corrected chi connectivity index (χ2v) is 4.83. The molecule has 1 unspecified atom stereocenters. The summed E-state index contributed by atoms with van der Waals surface area (Å²) in [6, 6.07) is 7.94. The van der Waals surface area contributed by atoms with Gasteiger partial charge in [0.2, 0.25) is 0 Å². The minimum absolute atomic E-state index is 0.0708. The maximum absolute atomic E-state index is 12.0. The zero-order valence-corrected chi connectivity index (χ0v) is 11.7. The van der Waals surface area contributed by atoms with Crippen LogP contribution in [0.25, 0.3) is 0 Å². The first-order valence-electron chi connectivity index (χ1n) is 6.38. The second kappa shape index (κ2) is 5.26. The van der Waals surface area contributed by atoms with Crippen LogP contribution in [0.2, 0.25) is 0 Å². The van der Waals surface area contributed by atoms with Crippen LogP contribution in [0.3, 0.4) is 0 Å². The molecule has 0 aliphatic carbocycles. The first-order valence-corrected chi connectivity index (χ1v) is 6.38. The van der Waals surface area contributed by atoms with E-state index in [9.17, 15) is 4.79 Å². The Labute approximate surface area is 112 Å². The maximum atomic E-state index is 12.0. The number of aromatic amines is 1. The number of H-pyrrole nitrogens is 1. The van der Waals surface area contributed by atoms with Gasteiger partial charge in [0.25, 0.3) is 5.56 Å². The van der Waals surface area contributed by atoms with E-state index < -0.39 is 0 Å². The van der Waals surface area contributed by atoms with Gasteiger partial charge in [0.05, 0.1) is 17.3 Å². The van der Waals surface area contributed by atoms with Gasteiger partial charge in [-0.15, -0.1) is 0 Å². The predicted molar refractivity (Wildman–Crippen MR) is 77.5 cm³/mol. The Balaban J connectivity index is 2.33. The van der Waals surface area contributed by atoms with Crippen molar-refractivity contribution >= 4 is 5.69 Å². The lowest BCUT2D eigenvalue weighted by Crippen LogP contribution is -2.23. The van der Waals surface area contributed by atoms with E-state index >= 15 is 0 Å². The summed E-state index contributed by atoms with van der Waals surface area (Å²) in [4.78, 5) is 19.1. The molecule has 2 N–H and O–H groups in total. The van der Waals surface area contributed by atoms with Crippen LogP contribution in [0.4, 0.5) is 5.69 Å². The molecule has 0 radical (unpaired) electrons. The van der Waals surface area contributed by atoms with Crippen LogP contribution < -0.4 is 10.9 Å². The van der Waals surface area contributed by atoms with Crippen molar-refractivity contribution in [1.29, 1.82) is 0 Å². The summed E-state index contributed by atoms with van der Waals surface area (Å²) in [6.07, 6.45) is 0. The molecule has 2 rings (SSSR count). The molecule has 1 heterocycles. The summed E-state index contributed by atoms with van der Waals surface area (Å²) in [5, 5.41) is 3.37. The molecule has 100 valence electrons. The molecule has 1 aromatic heterocycles. The average Bonchev–Trinajstić information content (AvgIpc) is 2.30. The molecule has 4 nitrogen and oxygen atoms in total. The van der Waals surface area contributed by atoms with Crippen LogP contribution >= 0.6 is 0 Å². The molecule has 0 bridgehead atoms. The molecular formula is C15H19N3O. The number of hydrogen-bond acceptors (Lipinski definition) is 3. The molecule has 0 fully saturated rings. The molecule has 0 saturated heterocycles. The highest BCUT2D eigenvalue weighted by Gasteiger charge is 2.14. The van der Waals surface area contributed by atoms with E-state index in [-0.39, 0.29) is 11.6 Å². The molecule has 19 heavy (non-hydrogen) atoms. The number of nitrogens with one attached hydrogen (secondary N) is 2. The van der Waals surface area contributed by atoms with Crippen LogP contribution in [0.5, 0.6) is 0 Å². The Morgan fingerprint density at radius 3 is 2.53 bits per heavy atom. The normalized spacial score (nSPS) is 12.2. The molecular weight excluding hydrogens is 238 g/mol. The lowest BCUT2D eigenvalue weighted by molar-refractivity contribution is 0.813. The van der Waals surface area contributed by atoms with Crippen molar-refractivity contribution in [3.8, 4) is 0 Å². The minimum atomic E-state index is -0.0852. The first kappa shape index (κ1) is 13.3. The van der Waals surface area contributed by atoms with Gasteiger partial charge < -0.3 is 10.3 Å². The molecule has 4 heteroatoms. The van der Waals surface area contributed by atoms with Crippen molar-refractivity contribution in [2.24, 2.45) is 0 Å². The van der Waals surface area contributed by atoms with Crippen molar-refractivity contribution < 1.29 is 0 Å². The monoisotopic (exact) mass is 257 g/mol. The Hall–Kier alpha value is -2.10. The van der Waals surface area contributed by atoms with Gasteiger partial charge in [-0.2, -0.15) is 0 Å². The van der Waals surface area contributed by atoms with Gasteiger partial charge >= 0.3 is 0 Å². The van der Waals surface area contributed by atoms with Crippen LogP contribution in [-0.2, 0) is 0 Å². The second-order valence-electron chi connectivity index (χ2n) is 4.83. The summed E-state index contributed by atoms with van der Waals surface area (Å²) in [5.41, 5.74) is 3.58. The fraction of sp³-hybridized carbons (Fsp3) is 0.333. The minimum Gasteiger partial charge on any atom is -0.378 e. The Morgan fingerprint density at radius 2 is 1.89 bits per heavy atom. The number of rotatable bonds is 3. The molecule has 1 aromatic carbocycles. The lowest BCUT2D eigenvalue weighted by atomic mass is 10.1. The number of nitrogens with zero attached hydrogens (tertiary/aromatic N) is 1. The standard InChI is InChI=1S/C15H19N3O/c1-9-7-5-6-8-13(9)17-11(3)14-10(2)16-12(4)18-15(14)19/h5-8,11,17H,1-4H3,(H,16,18,19). The number of benzene rings is 1. The van der Waals surface area contributed by atoms with E-state index in [0.717, 1.165) is 16.9 Å². The smallest absolute Gasteiger partial charge is 0.256 e. The third-order valence-corrected chi connectivity index (χ3v) is 3.21. The molecule has 0 spiro atoms. The summed E-state index contributed by atoms with van der Waals surface area (Å²) in [5.74, 6) is 0.648. The van der Waals surface area contributed by atoms with Gasteiger partial charge in [-0.25, -0.2) is 4.98 Å². The van der Waals surface area contributed by atoms with Gasteiger partial charge in [0.15, 0.2) is 0 Å². The predicted octanol–water partition coefficient (Wildman–Crippen LogP) is 2.87. The highest BCUT2D eigenvalue weighted by molar-refractivity contribution is 5.51. The highest BCUT2D eigenvalue weighted by Crippen LogP contribution is 2.21. The zero-order valence-electron chi connectivity index (χ0n) is 11.7. The van der Waals surface area contributed by atoms with Crippen LogP contribution in [0, 0.1) is 20.8 Å². The van der Waals surface area contributed by atoms with Crippen molar-refractivity contribution in [2.45, 2.75) is 33.7 Å². The van der Waals surface area contributed by atoms with E-state index in [4.69, 9.17) is 0 Å². The third kappa shape index (κ3) is 2.84.